The molecule has 1 aliphatic rings. The zero-order valence-corrected chi connectivity index (χ0v) is 15.8. The van der Waals surface area contributed by atoms with Gasteiger partial charge in [-0.15, -0.1) is 11.8 Å². The predicted molar refractivity (Wildman–Crippen MR) is 105 cm³/mol. The molecular weight excluding hydrogens is 364 g/mol. The lowest BCUT2D eigenvalue weighted by atomic mass is 10.2. The highest BCUT2D eigenvalue weighted by Crippen LogP contribution is 2.34. The van der Waals surface area contributed by atoms with Crippen LogP contribution in [0.3, 0.4) is 0 Å². The molecule has 138 valence electrons. The van der Waals surface area contributed by atoms with Crippen LogP contribution >= 0.6 is 11.8 Å². The van der Waals surface area contributed by atoms with Crippen LogP contribution in [0, 0.1) is 6.92 Å². The van der Waals surface area contributed by atoms with Crippen molar-refractivity contribution in [2.24, 2.45) is 0 Å². The fourth-order valence-electron chi connectivity index (χ4n) is 2.86. The molecule has 2 aromatic carbocycles. The highest BCUT2D eigenvalue weighted by molar-refractivity contribution is 8.00. The number of ether oxygens (including phenoxy) is 3. The summed E-state index contributed by atoms with van der Waals surface area (Å²) >= 11 is 1.47. The van der Waals surface area contributed by atoms with Crippen LogP contribution in [0.25, 0.3) is 10.9 Å². The molecule has 1 aromatic heterocycles. The first kappa shape index (κ1) is 17.5. The van der Waals surface area contributed by atoms with Crippen LogP contribution in [0.15, 0.2) is 47.4 Å². The lowest BCUT2D eigenvalue weighted by molar-refractivity contribution is -0.113. The van der Waals surface area contributed by atoms with Gasteiger partial charge in [-0.1, -0.05) is 0 Å². The van der Waals surface area contributed by atoms with Crippen LogP contribution in [0.5, 0.6) is 17.2 Å². The van der Waals surface area contributed by atoms with Crippen LogP contribution in [-0.4, -0.2) is 30.5 Å². The van der Waals surface area contributed by atoms with Crippen molar-refractivity contribution >= 4 is 34.3 Å². The standard InChI is InChI=1S/C20H18N2O4S/c1-12-7-19(15-9-14(24-2)4-5-16(15)21-12)27-10-20(23)22-13-3-6-17-18(8-13)26-11-25-17/h3-9H,10-11H2,1-2H3,(H,22,23). The molecule has 0 fully saturated rings. The first-order chi connectivity index (χ1) is 13.1. The largest absolute Gasteiger partial charge is 0.497 e. The van der Waals surface area contributed by atoms with Gasteiger partial charge in [-0.05, 0) is 43.3 Å². The Morgan fingerprint density at radius 2 is 2.04 bits per heavy atom. The van der Waals surface area contributed by atoms with Gasteiger partial charge in [0.05, 0.1) is 18.4 Å². The van der Waals surface area contributed by atoms with E-state index in [0.717, 1.165) is 27.2 Å². The highest BCUT2D eigenvalue weighted by atomic mass is 32.2. The maximum absolute atomic E-state index is 12.4. The fraction of sp³-hybridized carbons (Fsp3) is 0.200. The van der Waals surface area contributed by atoms with Crippen LogP contribution in [0.4, 0.5) is 5.69 Å². The molecule has 0 spiro atoms. The van der Waals surface area contributed by atoms with Gasteiger partial charge in [-0.2, -0.15) is 0 Å². The number of carbonyl (C=O) groups excluding carboxylic acids is 1. The summed E-state index contributed by atoms with van der Waals surface area (Å²) in [7, 11) is 1.63. The molecule has 0 aliphatic carbocycles. The first-order valence-corrected chi connectivity index (χ1v) is 9.38. The number of hydrogen-bond donors (Lipinski definition) is 1. The van der Waals surface area contributed by atoms with Gasteiger partial charge in [0.25, 0.3) is 0 Å². The number of nitrogens with one attached hydrogen (secondary N) is 1. The SMILES string of the molecule is COc1ccc2nc(C)cc(SCC(=O)Nc3ccc4c(c3)OCO4)c2c1. The van der Waals surface area contributed by atoms with Gasteiger partial charge in [0.1, 0.15) is 5.75 Å². The zero-order valence-electron chi connectivity index (χ0n) is 14.9. The summed E-state index contributed by atoms with van der Waals surface area (Å²) in [5.41, 5.74) is 2.48. The molecule has 0 unspecified atom stereocenters. The fourth-order valence-corrected chi connectivity index (χ4v) is 3.79. The Labute approximate surface area is 160 Å². The van der Waals surface area contributed by atoms with Crippen molar-refractivity contribution in [1.82, 2.24) is 4.98 Å². The number of aromatic nitrogens is 1. The Morgan fingerprint density at radius 3 is 2.89 bits per heavy atom. The molecule has 7 heteroatoms. The van der Waals surface area contributed by atoms with Gasteiger partial charge in [-0.3, -0.25) is 9.78 Å². The van der Waals surface area contributed by atoms with Crippen LogP contribution in [-0.2, 0) is 4.79 Å². The summed E-state index contributed by atoms with van der Waals surface area (Å²) in [4.78, 5) is 17.9. The number of benzene rings is 2. The van der Waals surface area contributed by atoms with E-state index in [1.54, 1.807) is 25.3 Å². The molecule has 27 heavy (non-hydrogen) atoms. The second kappa shape index (κ2) is 7.36. The van der Waals surface area contributed by atoms with Crippen molar-refractivity contribution in [3.63, 3.8) is 0 Å². The number of carbonyl (C=O) groups is 1. The van der Waals surface area contributed by atoms with E-state index in [0.29, 0.717) is 17.2 Å². The van der Waals surface area contributed by atoms with Gasteiger partial charge in [0, 0.05) is 27.7 Å². The second-order valence-electron chi connectivity index (χ2n) is 6.05. The quantitative estimate of drug-likeness (QED) is 0.673. The predicted octanol–water partition coefficient (Wildman–Crippen LogP) is 4.01. The molecule has 0 atom stereocenters. The average molecular weight is 382 g/mol. The number of methoxy groups -OCH3 is 1. The van der Waals surface area contributed by atoms with E-state index in [1.165, 1.54) is 11.8 Å². The third-order valence-electron chi connectivity index (χ3n) is 4.12. The van der Waals surface area contributed by atoms with Crippen molar-refractivity contribution in [3.05, 3.63) is 48.2 Å². The molecule has 0 radical (unpaired) electrons. The third kappa shape index (κ3) is 3.78. The van der Waals surface area contributed by atoms with Crippen LogP contribution in [0.2, 0.25) is 0 Å². The monoisotopic (exact) mass is 382 g/mol. The summed E-state index contributed by atoms with van der Waals surface area (Å²) in [5, 5.41) is 3.86. The summed E-state index contributed by atoms with van der Waals surface area (Å²) in [6.07, 6.45) is 0. The van der Waals surface area contributed by atoms with Crippen LogP contribution in [0.1, 0.15) is 5.69 Å². The molecule has 3 aromatic rings. The minimum Gasteiger partial charge on any atom is -0.497 e. The lowest BCUT2D eigenvalue weighted by Crippen LogP contribution is -2.14. The van der Waals surface area contributed by atoms with E-state index >= 15 is 0 Å². The number of thioether (sulfide) groups is 1. The number of aryl methyl sites for hydroxylation is 1. The minimum atomic E-state index is -0.0932. The first-order valence-electron chi connectivity index (χ1n) is 8.40. The van der Waals surface area contributed by atoms with Crippen LogP contribution < -0.4 is 19.5 Å². The normalized spacial score (nSPS) is 12.2. The molecular formula is C20H18N2O4S. The Balaban J connectivity index is 1.48. The average Bonchev–Trinajstić information content (AvgIpc) is 3.13. The number of amides is 1. The molecule has 2 heterocycles. The Bertz CT molecular complexity index is 1020. The number of anilines is 1. The smallest absolute Gasteiger partial charge is 0.234 e. The van der Waals surface area contributed by atoms with Gasteiger partial charge < -0.3 is 19.5 Å². The zero-order chi connectivity index (χ0) is 18.8. The summed E-state index contributed by atoms with van der Waals surface area (Å²) in [6, 6.07) is 13.1. The van der Waals surface area contributed by atoms with Crippen molar-refractivity contribution in [3.8, 4) is 17.2 Å². The molecule has 0 saturated carbocycles. The maximum atomic E-state index is 12.4. The van der Waals surface area contributed by atoms with E-state index in [-0.39, 0.29) is 18.5 Å². The molecule has 6 nitrogen and oxygen atoms in total. The molecule has 0 saturated heterocycles. The number of fused-ring (bicyclic) bond motifs is 2. The van der Waals surface area contributed by atoms with E-state index < -0.39 is 0 Å². The van der Waals surface area contributed by atoms with E-state index in [9.17, 15) is 4.79 Å². The minimum absolute atomic E-state index is 0.0932. The number of rotatable bonds is 5. The molecule has 1 amide bonds. The van der Waals surface area contributed by atoms with Gasteiger partial charge in [0.15, 0.2) is 11.5 Å². The van der Waals surface area contributed by atoms with E-state index in [1.807, 2.05) is 31.2 Å². The highest BCUT2D eigenvalue weighted by Gasteiger charge is 2.14. The topological polar surface area (TPSA) is 69.7 Å². The third-order valence-corrected chi connectivity index (χ3v) is 5.18. The molecule has 1 N–H and O–H groups in total. The summed E-state index contributed by atoms with van der Waals surface area (Å²) in [6.45, 7) is 2.15. The molecule has 4 rings (SSSR count). The second-order valence-corrected chi connectivity index (χ2v) is 7.07. The van der Waals surface area contributed by atoms with Gasteiger partial charge in [-0.25, -0.2) is 0 Å². The Morgan fingerprint density at radius 1 is 1.19 bits per heavy atom. The van der Waals surface area contributed by atoms with Crippen molar-refractivity contribution in [2.75, 3.05) is 25.0 Å². The molecule has 0 bridgehead atoms. The van der Waals surface area contributed by atoms with Gasteiger partial charge >= 0.3 is 0 Å². The van der Waals surface area contributed by atoms with E-state index in [4.69, 9.17) is 14.2 Å². The van der Waals surface area contributed by atoms with Gasteiger partial charge in [0.2, 0.25) is 12.7 Å². The molecule has 1 aliphatic heterocycles. The number of pyridine rings is 1. The maximum Gasteiger partial charge on any atom is 0.234 e. The Hall–Kier alpha value is -2.93. The number of hydrogen-bond acceptors (Lipinski definition) is 6. The summed E-state index contributed by atoms with van der Waals surface area (Å²) < 4.78 is 15.9. The van der Waals surface area contributed by atoms with Crippen molar-refractivity contribution < 1.29 is 19.0 Å². The van der Waals surface area contributed by atoms with Crippen molar-refractivity contribution in [1.29, 1.82) is 0 Å². The summed E-state index contributed by atoms with van der Waals surface area (Å²) in [5.74, 6) is 2.28. The lowest BCUT2D eigenvalue weighted by Gasteiger charge is -2.10. The van der Waals surface area contributed by atoms with E-state index in [2.05, 4.69) is 10.3 Å². The number of nitrogens with zero attached hydrogens (tertiary/aromatic N) is 1. The van der Waals surface area contributed by atoms with Crippen molar-refractivity contribution in [2.45, 2.75) is 11.8 Å². The Kier molecular flexibility index (Phi) is 4.77.